The molecule has 1 aliphatic heterocycles. The zero-order valence-electron chi connectivity index (χ0n) is 36.0. The summed E-state index contributed by atoms with van der Waals surface area (Å²) in [4.78, 5) is 45.0. The number of nitrogens with zero attached hydrogens (tertiary/aromatic N) is 1. The van der Waals surface area contributed by atoms with Gasteiger partial charge in [0.05, 0.1) is 33.7 Å². The van der Waals surface area contributed by atoms with Crippen LogP contribution in [0.5, 0.6) is 11.5 Å². The molecule has 2 amide bonds. The van der Waals surface area contributed by atoms with Crippen molar-refractivity contribution in [2.24, 2.45) is 5.73 Å². The van der Waals surface area contributed by atoms with E-state index in [1.54, 1.807) is 49.4 Å². The monoisotopic (exact) mass is 1000 g/mol. The number of benzene rings is 5. The Kier molecular flexibility index (Phi) is 14.2. The fraction of sp³-hybridized carbons (Fsp3) is 0.224. The van der Waals surface area contributed by atoms with Crippen LogP contribution in [-0.4, -0.2) is 74.8 Å². The Hall–Kier alpha value is -5.77. The number of thioether (sulfide) groups is 2. The fourth-order valence-corrected chi connectivity index (χ4v) is 15.1. The molecule has 339 valence electrons. The second kappa shape index (κ2) is 20.0. The SMILES string of the molecule is COc1cccc(Nc2c(C(N)=O)cnc3c(C)cc(S(=O)(=O)c4cccc(C(=O)Nc5ccc(C6(CCCC[As]CC(O)c7ccc(O)c8[nH]c(=O)ccc78)SCCS6)cc5)c4)cc23)c1. The molecule has 7 aromatic rings. The maximum atomic E-state index is 14.3. The number of nitrogens with one attached hydrogen (secondary N) is 3. The average Bonchev–Trinajstić information content (AvgIpc) is 3.80. The van der Waals surface area contributed by atoms with E-state index in [4.69, 9.17) is 10.5 Å². The molecule has 3 heterocycles. The van der Waals surface area contributed by atoms with Crippen molar-refractivity contribution in [2.75, 3.05) is 29.2 Å². The first-order chi connectivity index (χ1) is 31.8. The molecule has 8 rings (SSSR count). The summed E-state index contributed by atoms with van der Waals surface area (Å²) in [6.07, 6.45) is 3.74. The number of phenols is 1. The minimum Gasteiger partial charge on any atom is -0.0316 e. The van der Waals surface area contributed by atoms with E-state index in [0.29, 0.717) is 61.0 Å². The van der Waals surface area contributed by atoms with E-state index >= 15 is 0 Å². The summed E-state index contributed by atoms with van der Waals surface area (Å²) in [5, 5.41) is 30.1. The number of fused-ring (bicyclic) bond motifs is 2. The van der Waals surface area contributed by atoms with Gasteiger partial charge in [0.1, 0.15) is 5.75 Å². The van der Waals surface area contributed by atoms with Gasteiger partial charge in [-0.3, -0.25) is 9.78 Å². The summed E-state index contributed by atoms with van der Waals surface area (Å²) in [7, 11) is -2.64. The third-order valence-electron chi connectivity index (χ3n) is 11.4. The number of aromatic hydroxyl groups is 1. The summed E-state index contributed by atoms with van der Waals surface area (Å²) in [6, 6.07) is 30.1. The molecule has 7 N–H and O–H groups in total. The molecule has 0 spiro atoms. The number of H-pyrrole nitrogens is 1. The molecule has 0 saturated carbocycles. The van der Waals surface area contributed by atoms with E-state index in [0.717, 1.165) is 36.0 Å². The van der Waals surface area contributed by atoms with Crippen molar-refractivity contribution in [3.8, 4) is 11.5 Å². The van der Waals surface area contributed by atoms with Crippen molar-refractivity contribution >= 4 is 99.8 Å². The maximum Gasteiger partial charge on any atom is 0.0261 e. The van der Waals surface area contributed by atoms with E-state index < -0.39 is 27.8 Å². The van der Waals surface area contributed by atoms with E-state index in [-0.39, 0.29) is 52.1 Å². The van der Waals surface area contributed by atoms with Gasteiger partial charge in [-0.15, -0.1) is 0 Å². The summed E-state index contributed by atoms with van der Waals surface area (Å²) in [5.74, 6) is 1.43. The standard InChI is InChI=1S/C49H47AsN5O8S3/c1-29-23-36(26-39-44(29)52-28-40(47(51)59)45(39)53-33-8-6-9-34(25-33)63-2)66(61,62)35-10-5-7-30(24-35)48(60)54-32-13-11-31(12-14-32)49(64-21-22-65-49)19-3-4-20-50-27-42(57)37-15-17-41(56)46-38(37)16-18-43(58)55-46/h5-18,23-26,28,42,56-57H,3-4,19-22,27H2,1-2H3,(H2,51,59)(H,52,53)(H,54,60)(H,55,58). The molecule has 2 aromatic heterocycles. The summed E-state index contributed by atoms with van der Waals surface area (Å²) < 4.78 is 33.8. The van der Waals surface area contributed by atoms with Gasteiger partial charge < -0.3 is 15.8 Å². The number of aliphatic hydroxyl groups is 1. The molecule has 66 heavy (non-hydrogen) atoms. The van der Waals surface area contributed by atoms with Crippen LogP contribution in [0, 0.1) is 6.92 Å². The first kappa shape index (κ1) is 46.7. The second-order valence-electron chi connectivity index (χ2n) is 15.8. The number of aliphatic hydroxyl groups excluding tert-OH is 1. The Balaban J connectivity index is 0.918. The van der Waals surface area contributed by atoms with Crippen LogP contribution in [0.3, 0.4) is 0 Å². The van der Waals surface area contributed by atoms with Crippen molar-refractivity contribution in [3.63, 3.8) is 0 Å². The van der Waals surface area contributed by atoms with Crippen molar-refractivity contribution in [3.05, 3.63) is 154 Å². The number of nitrogens with two attached hydrogens (primary N) is 1. The molecule has 1 fully saturated rings. The number of sulfone groups is 1. The Labute approximate surface area is 397 Å². The molecule has 0 aliphatic carbocycles. The number of phenolic OH excluding ortho intramolecular Hbond substituents is 1. The van der Waals surface area contributed by atoms with Crippen LogP contribution in [0.2, 0.25) is 10.4 Å². The molecule has 1 radical (unpaired) electrons. The van der Waals surface area contributed by atoms with Gasteiger partial charge in [0.2, 0.25) is 9.84 Å². The number of pyridine rings is 2. The predicted octanol–water partition coefficient (Wildman–Crippen LogP) is 9.10. The van der Waals surface area contributed by atoms with Crippen LogP contribution in [0.25, 0.3) is 21.8 Å². The molecule has 1 atom stereocenters. The number of carbonyl (C=O) groups is 2. The van der Waals surface area contributed by atoms with E-state index in [9.17, 15) is 33.0 Å². The van der Waals surface area contributed by atoms with Gasteiger partial charge in [-0.2, -0.15) is 0 Å². The average molecular weight is 1010 g/mol. The fourth-order valence-electron chi connectivity index (χ4n) is 8.07. The zero-order chi connectivity index (χ0) is 46.6. The number of hydrogen-bond acceptors (Lipinski definition) is 12. The quantitative estimate of drug-likeness (QED) is 0.0372. The van der Waals surface area contributed by atoms with Crippen LogP contribution in [0.15, 0.2) is 130 Å². The largest absolute Gasteiger partial charge is 0.0316 e. The van der Waals surface area contributed by atoms with E-state index in [1.807, 2.05) is 35.7 Å². The molecule has 0 bridgehead atoms. The number of unbranched alkanes of at least 4 members (excludes halogenated alkanes) is 1. The van der Waals surface area contributed by atoms with Gasteiger partial charge in [0, 0.05) is 23.3 Å². The molecule has 5 aromatic carbocycles. The van der Waals surface area contributed by atoms with Crippen molar-refractivity contribution < 1.29 is 33.0 Å². The van der Waals surface area contributed by atoms with Crippen LogP contribution >= 0.6 is 23.5 Å². The number of anilines is 3. The number of rotatable bonds is 17. The van der Waals surface area contributed by atoms with Gasteiger partial charge in [-0.1, -0.05) is 12.1 Å². The van der Waals surface area contributed by atoms with Gasteiger partial charge in [-0.05, 0) is 55.0 Å². The minimum atomic E-state index is -4.18. The Morgan fingerprint density at radius 1 is 0.924 bits per heavy atom. The first-order valence-corrected chi connectivity index (χ1v) is 27.2. The summed E-state index contributed by atoms with van der Waals surface area (Å²) >= 11 is 3.77. The molecule has 1 aliphatic rings. The number of aryl methyl sites for hydroxylation is 1. The number of amides is 2. The topological polar surface area (TPSA) is 214 Å². The minimum absolute atomic E-state index is 0.0218. The molecule has 1 saturated heterocycles. The second-order valence-corrected chi connectivity index (χ2v) is 23.4. The van der Waals surface area contributed by atoms with Crippen molar-refractivity contribution in [2.45, 2.75) is 56.6 Å². The number of carbonyl (C=O) groups excluding carboxylic acids is 2. The molecular formula is C49H47AsN5O8S3. The number of ether oxygens (including phenoxy) is 1. The number of primary amides is 1. The van der Waals surface area contributed by atoms with Crippen molar-refractivity contribution in [1.29, 1.82) is 0 Å². The maximum absolute atomic E-state index is 14.3. The number of aromatic amines is 1. The molecule has 13 nitrogen and oxygen atoms in total. The predicted molar refractivity (Wildman–Crippen MR) is 265 cm³/mol. The number of methoxy groups -OCH3 is 1. The van der Waals surface area contributed by atoms with Crippen LogP contribution in [-0.2, 0) is 13.9 Å². The normalized spacial score (nSPS) is 14.2. The van der Waals surface area contributed by atoms with Gasteiger partial charge >= 0.3 is 220 Å². The molecule has 1 unspecified atom stereocenters. The van der Waals surface area contributed by atoms with Crippen molar-refractivity contribution in [1.82, 2.24) is 9.97 Å². The Morgan fingerprint density at radius 2 is 1.70 bits per heavy atom. The smallest absolute Gasteiger partial charge is 0.0261 e. The van der Waals surface area contributed by atoms with E-state index in [1.165, 1.54) is 61.3 Å². The van der Waals surface area contributed by atoms with Crippen LogP contribution < -0.4 is 26.7 Å². The van der Waals surface area contributed by atoms with E-state index in [2.05, 4.69) is 32.7 Å². The Morgan fingerprint density at radius 3 is 2.45 bits per heavy atom. The number of hydrogen-bond donors (Lipinski definition) is 6. The van der Waals surface area contributed by atoms with Crippen LogP contribution in [0.1, 0.15) is 62.8 Å². The zero-order valence-corrected chi connectivity index (χ0v) is 40.4. The third-order valence-corrected chi connectivity index (χ3v) is 19.4. The van der Waals surface area contributed by atoms with Gasteiger partial charge in [0.15, 0.2) is 0 Å². The summed E-state index contributed by atoms with van der Waals surface area (Å²) in [6.45, 7) is 1.74. The van der Waals surface area contributed by atoms with Crippen LogP contribution in [0.4, 0.5) is 17.1 Å². The third kappa shape index (κ3) is 9.98. The van der Waals surface area contributed by atoms with Gasteiger partial charge in [0.25, 0.3) is 5.91 Å². The first-order valence-electron chi connectivity index (χ1n) is 21.1. The summed E-state index contributed by atoms with van der Waals surface area (Å²) in [5.41, 5.74) is 10.4. The molecule has 17 heteroatoms. The number of aromatic nitrogens is 2. The van der Waals surface area contributed by atoms with Gasteiger partial charge in [-0.25, -0.2) is 8.42 Å². The molecular weight excluding hydrogens is 958 g/mol. The Bertz CT molecular complexity index is 3140.